The molecule has 1 heterocycles. The molecule has 2 atom stereocenters. The summed E-state index contributed by atoms with van der Waals surface area (Å²) in [5, 5.41) is 5.64. The highest BCUT2D eigenvalue weighted by Gasteiger charge is 2.42. The number of alkyl halides is 3. The second-order valence-electron chi connectivity index (χ2n) is 7.67. The third-order valence-corrected chi connectivity index (χ3v) is 5.66. The molecule has 3 amide bonds. The number of carbonyl (C=O) groups is 2. The van der Waals surface area contributed by atoms with Gasteiger partial charge in [0.15, 0.2) is 0 Å². The number of para-hydroxylation sites is 1. The molecule has 2 unspecified atom stereocenters. The van der Waals surface area contributed by atoms with Crippen molar-refractivity contribution in [3.05, 3.63) is 30.3 Å². The number of urea groups is 1. The van der Waals surface area contributed by atoms with E-state index >= 15 is 0 Å². The van der Waals surface area contributed by atoms with Gasteiger partial charge in [0.1, 0.15) is 0 Å². The molecular formula is C20H26F3N3O2. The standard InChI is InChI=1S/C20H26F3N3O2/c21-20(22,23)15-5-4-8-17(13-15)24-18(27)14-9-11-26(12-10-14)19(28)25-16-6-2-1-3-7-16/h1-3,6-7,14-15,17H,4-5,8-13H2,(H,24,27)(H,25,28). The molecule has 8 heteroatoms. The molecule has 2 aliphatic rings. The number of halogens is 3. The van der Waals surface area contributed by atoms with Gasteiger partial charge in [-0.15, -0.1) is 0 Å². The van der Waals surface area contributed by atoms with Crippen LogP contribution in [0.3, 0.4) is 0 Å². The van der Waals surface area contributed by atoms with Crippen molar-refractivity contribution >= 4 is 17.6 Å². The summed E-state index contributed by atoms with van der Waals surface area (Å²) < 4.78 is 38.8. The van der Waals surface area contributed by atoms with Crippen LogP contribution in [0.2, 0.25) is 0 Å². The third kappa shape index (κ3) is 5.39. The first-order chi connectivity index (χ1) is 13.3. The summed E-state index contributed by atoms with van der Waals surface area (Å²) in [7, 11) is 0. The van der Waals surface area contributed by atoms with Gasteiger partial charge in [0, 0.05) is 30.7 Å². The van der Waals surface area contributed by atoms with Crippen LogP contribution in [0.25, 0.3) is 0 Å². The van der Waals surface area contributed by atoms with Gasteiger partial charge in [0.05, 0.1) is 5.92 Å². The van der Waals surface area contributed by atoms with Crippen molar-refractivity contribution in [2.24, 2.45) is 11.8 Å². The largest absolute Gasteiger partial charge is 0.391 e. The van der Waals surface area contributed by atoms with Crippen LogP contribution in [-0.2, 0) is 4.79 Å². The first-order valence-electron chi connectivity index (χ1n) is 9.81. The lowest BCUT2D eigenvalue weighted by Crippen LogP contribution is -2.48. The Bertz CT molecular complexity index is 673. The lowest BCUT2D eigenvalue weighted by molar-refractivity contribution is -0.184. The molecule has 0 bridgehead atoms. The Morgan fingerprint density at radius 1 is 1.00 bits per heavy atom. The molecule has 28 heavy (non-hydrogen) atoms. The highest BCUT2D eigenvalue weighted by molar-refractivity contribution is 5.89. The van der Waals surface area contributed by atoms with Crippen LogP contribution in [0, 0.1) is 11.8 Å². The van der Waals surface area contributed by atoms with E-state index in [4.69, 9.17) is 0 Å². The second kappa shape index (κ2) is 8.84. The molecule has 1 saturated carbocycles. The number of nitrogens with zero attached hydrogens (tertiary/aromatic N) is 1. The summed E-state index contributed by atoms with van der Waals surface area (Å²) in [5.41, 5.74) is 0.712. The average Bonchev–Trinajstić information content (AvgIpc) is 2.68. The second-order valence-corrected chi connectivity index (χ2v) is 7.67. The summed E-state index contributed by atoms with van der Waals surface area (Å²) >= 11 is 0. The van der Waals surface area contributed by atoms with E-state index in [-0.39, 0.29) is 30.7 Å². The molecule has 2 fully saturated rings. The Morgan fingerprint density at radius 3 is 2.32 bits per heavy atom. The Kier molecular flexibility index (Phi) is 6.46. The van der Waals surface area contributed by atoms with E-state index < -0.39 is 18.1 Å². The molecule has 1 aromatic rings. The molecule has 1 saturated heterocycles. The maximum Gasteiger partial charge on any atom is 0.391 e. The summed E-state index contributed by atoms with van der Waals surface area (Å²) in [5.74, 6) is -1.77. The minimum Gasteiger partial charge on any atom is -0.353 e. The number of nitrogens with one attached hydrogen (secondary N) is 2. The van der Waals surface area contributed by atoms with E-state index in [9.17, 15) is 22.8 Å². The highest BCUT2D eigenvalue weighted by atomic mass is 19.4. The van der Waals surface area contributed by atoms with Gasteiger partial charge in [0.25, 0.3) is 0 Å². The first kappa shape index (κ1) is 20.5. The maximum absolute atomic E-state index is 12.9. The van der Waals surface area contributed by atoms with E-state index in [0.29, 0.717) is 44.5 Å². The quantitative estimate of drug-likeness (QED) is 0.804. The van der Waals surface area contributed by atoms with Gasteiger partial charge in [-0.1, -0.05) is 24.6 Å². The van der Waals surface area contributed by atoms with Crippen molar-refractivity contribution in [3.63, 3.8) is 0 Å². The summed E-state index contributed by atoms with van der Waals surface area (Å²) in [6.45, 7) is 0.902. The number of hydrogen-bond donors (Lipinski definition) is 2. The predicted molar refractivity (Wildman–Crippen MR) is 99.7 cm³/mol. The van der Waals surface area contributed by atoms with Crippen LogP contribution in [0.15, 0.2) is 30.3 Å². The van der Waals surface area contributed by atoms with Crippen molar-refractivity contribution in [2.75, 3.05) is 18.4 Å². The smallest absolute Gasteiger partial charge is 0.353 e. The van der Waals surface area contributed by atoms with Crippen LogP contribution in [0.4, 0.5) is 23.7 Å². The fourth-order valence-electron chi connectivity index (χ4n) is 4.01. The Morgan fingerprint density at radius 2 is 1.68 bits per heavy atom. The molecule has 3 rings (SSSR count). The fraction of sp³-hybridized carbons (Fsp3) is 0.600. The molecule has 5 nitrogen and oxygen atoms in total. The van der Waals surface area contributed by atoms with Crippen molar-refractivity contribution in [1.82, 2.24) is 10.2 Å². The topological polar surface area (TPSA) is 61.4 Å². The van der Waals surface area contributed by atoms with Crippen molar-refractivity contribution in [1.29, 1.82) is 0 Å². The zero-order valence-corrected chi connectivity index (χ0v) is 15.7. The van der Waals surface area contributed by atoms with Crippen LogP contribution in [-0.4, -0.2) is 42.1 Å². The van der Waals surface area contributed by atoms with Crippen molar-refractivity contribution in [3.8, 4) is 0 Å². The van der Waals surface area contributed by atoms with E-state index in [0.717, 1.165) is 0 Å². The molecule has 0 aromatic heterocycles. The molecule has 2 N–H and O–H groups in total. The molecule has 1 aliphatic carbocycles. The van der Waals surface area contributed by atoms with Gasteiger partial charge < -0.3 is 15.5 Å². The van der Waals surface area contributed by atoms with Crippen molar-refractivity contribution < 1.29 is 22.8 Å². The predicted octanol–water partition coefficient (Wildman–Crippen LogP) is 4.17. The van der Waals surface area contributed by atoms with E-state index in [1.54, 1.807) is 17.0 Å². The number of anilines is 1. The van der Waals surface area contributed by atoms with Crippen LogP contribution < -0.4 is 10.6 Å². The SMILES string of the molecule is O=C(NC1CCCC(C(F)(F)F)C1)C1CCN(C(=O)Nc2ccccc2)CC1. The van der Waals surface area contributed by atoms with Crippen molar-refractivity contribution in [2.45, 2.75) is 50.7 Å². The Balaban J connectivity index is 1.44. The minimum atomic E-state index is -4.19. The Labute approximate surface area is 162 Å². The average molecular weight is 397 g/mol. The summed E-state index contributed by atoms with van der Waals surface area (Å²) in [6, 6.07) is 8.52. The minimum absolute atomic E-state index is 0.0342. The van der Waals surface area contributed by atoms with Gasteiger partial charge in [-0.3, -0.25) is 4.79 Å². The summed E-state index contributed by atoms with van der Waals surface area (Å²) in [4.78, 5) is 26.4. The van der Waals surface area contributed by atoms with E-state index in [1.807, 2.05) is 18.2 Å². The zero-order chi connectivity index (χ0) is 20.1. The van der Waals surface area contributed by atoms with Gasteiger partial charge in [-0.25, -0.2) is 4.79 Å². The van der Waals surface area contributed by atoms with Crippen LogP contribution >= 0.6 is 0 Å². The lowest BCUT2D eigenvalue weighted by Gasteiger charge is -2.34. The number of hydrogen-bond acceptors (Lipinski definition) is 2. The molecule has 154 valence electrons. The lowest BCUT2D eigenvalue weighted by atomic mass is 9.84. The number of carbonyl (C=O) groups excluding carboxylic acids is 2. The van der Waals surface area contributed by atoms with E-state index in [1.165, 1.54) is 0 Å². The fourth-order valence-corrected chi connectivity index (χ4v) is 4.01. The van der Waals surface area contributed by atoms with Gasteiger partial charge in [0.2, 0.25) is 5.91 Å². The first-order valence-corrected chi connectivity index (χ1v) is 9.81. The molecule has 0 spiro atoms. The monoisotopic (exact) mass is 397 g/mol. The van der Waals surface area contributed by atoms with Gasteiger partial charge in [-0.05, 0) is 44.2 Å². The number of piperidine rings is 1. The normalized spacial score (nSPS) is 23.9. The molecule has 1 aliphatic heterocycles. The van der Waals surface area contributed by atoms with Crippen LogP contribution in [0.1, 0.15) is 38.5 Å². The van der Waals surface area contributed by atoms with Gasteiger partial charge in [-0.2, -0.15) is 13.2 Å². The maximum atomic E-state index is 12.9. The number of rotatable bonds is 3. The third-order valence-electron chi connectivity index (χ3n) is 5.66. The zero-order valence-electron chi connectivity index (χ0n) is 15.7. The van der Waals surface area contributed by atoms with Crippen LogP contribution in [0.5, 0.6) is 0 Å². The molecule has 1 aromatic carbocycles. The number of benzene rings is 1. The number of likely N-dealkylation sites (tertiary alicyclic amines) is 1. The number of amides is 3. The molecule has 0 radical (unpaired) electrons. The van der Waals surface area contributed by atoms with E-state index in [2.05, 4.69) is 10.6 Å². The summed E-state index contributed by atoms with van der Waals surface area (Å²) in [6.07, 6.45) is -1.98. The Hall–Kier alpha value is -2.25. The molecular weight excluding hydrogens is 371 g/mol. The highest BCUT2D eigenvalue weighted by Crippen LogP contribution is 2.37. The van der Waals surface area contributed by atoms with Gasteiger partial charge >= 0.3 is 12.2 Å².